The molecule has 1 unspecified atom stereocenters. The second-order valence-electron chi connectivity index (χ2n) is 4.96. The van der Waals surface area contributed by atoms with E-state index in [4.69, 9.17) is 9.84 Å². The van der Waals surface area contributed by atoms with Crippen molar-refractivity contribution >= 4 is 17.8 Å². The average molecular weight is 289 g/mol. The van der Waals surface area contributed by atoms with Crippen molar-refractivity contribution in [2.75, 3.05) is 19.8 Å². The molecule has 0 bridgehead atoms. The van der Waals surface area contributed by atoms with Crippen LogP contribution < -0.4 is 5.32 Å². The molecule has 0 aromatic carbocycles. The van der Waals surface area contributed by atoms with Gasteiger partial charge >= 0.3 is 11.9 Å². The van der Waals surface area contributed by atoms with Crippen molar-refractivity contribution in [3.05, 3.63) is 0 Å². The minimum absolute atomic E-state index is 0.00765. The van der Waals surface area contributed by atoms with Crippen molar-refractivity contribution in [2.24, 2.45) is 11.3 Å². The quantitative estimate of drug-likeness (QED) is 0.412. The highest BCUT2D eigenvalue weighted by Crippen LogP contribution is 2.33. The number of nitrogens with one attached hydrogen (secondary N) is 1. The number of aliphatic hydroxyl groups excluding tert-OH is 1. The number of esters is 1. The summed E-state index contributed by atoms with van der Waals surface area (Å²) in [6.07, 6.45) is -0.493. The molecule has 116 valence electrons. The van der Waals surface area contributed by atoms with Crippen LogP contribution in [0.25, 0.3) is 0 Å². The second kappa shape index (κ2) is 8.52. The smallest absolute Gasteiger partial charge is 0.324 e. The SMILES string of the molecule is CCOC(=O)C(CC(=O)NCCO)(CC(C)C)C(=O)O. The standard InChI is InChI=1S/C13H23NO6/c1-4-20-12(19)13(11(17)18,7-9(2)3)8-10(16)14-5-6-15/h9,15H,4-8H2,1-3H3,(H,14,16)(H,17,18). The highest BCUT2D eigenvalue weighted by Gasteiger charge is 2.49. The van der Waals surface area contributed by atoms with Crippen LogP contribution in [0.3, 0.4) is 0 Å². The largest absolute Gasteiger partial charge is 0.480 e. The van der Waals surface area contributed by atoms with Crippen molar-refractivity contribution in [1.29, 1.82) is 0 Å². The molecule has 0 saturated carbocycles. The first-order valence-corrected chi connectivity index (χ1v) is 6.58. The summed E-state index contributed by atoms with van der Waals surface area (Å²) >= 11 is 0. The van der Waals surface area contributed by atoms with Crippen molar-refractivity contribution in [3.63, 3.8) is 0 Å². The van der Waals surface area contributed by atoms with Gasteiger partial charge in [-0.15, -0.1) is 0 Å². The van der Waals surface area contributed by atoms with Crippen LogP contribution in [0.15, 0.2) is 0 Å². The second-order valence-corrected chi connectivity index (χ2v) is 4.96. The summed E-state index contributed by atoms with van der Waals surface area (Å²) in [5.41, 5.74) is -1.89. The zero-order valence-electron chi connectivity index (χ0n) is 12.1. The van der Waals surface area contributed by atoms with Gasteiger partial charge in [0.05, 0.1) is 19.6 Å². The van der Waals surface area contributed by atoms with Crippen LogP contribution in [0.4, 0.5) is 0 Å². The van der Waals surface area contributed by atoms with E-state index in [1.54, 1.807) is 20.8 Å². The van der Waals surface area contributed by atoms with Crippen LogP contribution in [-0.4, -0.2) is 47.8 Å². The average Bonchev–Trinajstić information content (AvgIpc) is 2.34. The number of rotatable bonds is 9. The molecule has 7 nitrogen and oxygen atoms in total. The van der Waals surface area contributed by atoms with Gasteiger partial charge in [0.25, 0.3) is 0 Å². The molecule has 1 amide bonds. The Labute approximate surface area is 118 Å². The highest BCUT2D eigenvalue weighted by atomic mass is 16.5. The number of aliphatic carboxylic acids is 1. The molecule has 20 heavy (non-hydrogen) atoms. The molecule has 0 radical (unpaired) electrons. The Morgan fingerprint density at radius 2 is 1.90 bits per heavy atom. The Morgan fingerprint density at radius 1 is 1.30 bits per heavy atom. The van der Waals surface area contributed by atoms with E-state index in [1.807, 2.05) is 0 Å². The van der Waals surface area contributed by atoms with Gasteiger partial charge in [-0.05, 0) is 19.3 Å². The molecule has 0 aliphatic heterocycles. The van der Waals surface area contributed by atoms with E-state index in [0.717, 1.165) is 0 Å². The maximum atomic E-state index is 12.0. The van der Waals surface area contributed by atoms with Crippen molar-refractivity contribution in [2.45, 2.75) is 33.6 Å². The molecular weight excluding hydrogens is 266 g/mol. The van der Waals surface area contributed by atoms with Gasteiger partial charge in [0.2, 0.25) is 5.91 Å². The number of carbonyl (C=O) groups is 3. The first-order valence-electron chi connectivity index (χ1n) is 6.58. The molecule has 1 atom stereocenters. The Morgan fingerprint density at radius 3 is 2.30 bits per heavy atom. The monoisotopic (exact) mass is 289 g/mol. The third kappa shape index (κ3) is 5.16. The number of ether oxygens (including phenoxy) is 1. The lowest BCUT2D eigenvalue weighted by atomic mass is 9.77. The predicted octanol–water partition coefficient (Wildman–Crippen LogP) is 0.165. The van der Waals surface area contributed by atoms with Gasteiger partial charge in [-0.25, -0.2) is 0 Å². The van der Waals surface area contributed by atoms with Gasteiger partial charge in [-0.3, -0.25) is 14.4 Å². The summed E-state index contributed by atoms with van der Waals surface area (Å²) in [6.45, 7) is 4.91. The van der Waals surface area contributed by atoms with Gasteiger partial charge in [-0.2, -0.15) is 0 Å². The summed E-state index contributed by atoms with van der Waals surface area (Å²) in [7, 11) is 0. The summed E-state index contributed by atoms with van der Waals surface area (Å²) in [5, 5.41) is 20.4. The fourth-order valence-corrected chi connectivity index (χ4v) is 1.98. The molecule has 0 aliphatic rings. The number of hydrogen-bond acceptors (Lipinski definition) is 5. The first kappa shape index (κ1) is 18.4. The number of aliphatic hydroxyl groups is 1. The molecule has 7 heteroatoms. The van der Waals surface area contributed by atoms with E-state index in [9.17, 15) is 19.5 Å². The minimum Gasteiger partial charge on any atom is -0.480 e. The molecule has 0 heterocycles. The van der Waals surface area contributed by atoms with E-state index >= 15 is 0 Å². The van der Waals surface area contributed by atoms with Crippen LogP contribution in [0, 0.1) is 11.3 Å². The third-order valence-electron chi connectivity index (χ3n) is 2.73. The number of amides is 1. The summed E-state index contributed by atoms with van der Waals surface area (Å²) in [5.74, 6) is -2.97. The lowest BCUT2D eigenvalue weighted by Crippen LogP contribution is -2.46. The van der Waals surface area contributed by atoms with E-state index in [-0.39, 0.29) is 32.1 Å². The number of carbonyl (C=O) groups excluding carboxylic acids is 2. The molecule has 0 aromatic rings. The van der Waals surface area contributed by atoms with Crippen molar-refractivity contribution in [3.8, 4) is 0 Å². The van der Waals surface area contributed by atoms with Gasteiger partial charge in [0.1, 0.15) is 0 Å². The fourth-order valence-electron chi connectivity index (χ4n) is 1.98. The number of carboxylic acid groups (broad SMARTS) is 1. The van der Waals surface area contributed by atoms with Crippen LogP contribution >= 0.6 is 0 Å². The Hall–Kier alpha value is -1.63. The Bertz CT molecular complexity index is 355. The lowest BCUT2D eigenvalue weighted by molar-refractivity contribution is -0.172. The van der Waals surface area contributed by atoms with E-state index in [2.05, 4.69) is 5.32 Å². The van der Waals surface area contributed by atoms with E-state index in [0.29, 0.717) is 0 Å². The van der Waals surface area contributed by atoms with Crippen molar-refractivity contribution in [1.82, 2.24) is 5.32 Å². The van der Waals surface area contributed by atoms with Gasteiger partial charge in [0.15, 0.2) is 5.41 Å². The molecular formula is C13H23NO6. The van der Waals surface area contributed by atoms with E-state index < -0.39 is 29.7 Å². The molecule has 0 saturated heterocycles. The zero-order chi connectivity index (χ0) is 15.8. The minimum atomic E-state index is -1.89. The first-order chi connectivity index (χ1) is 9.30. The van der Waals surface area contributed by atoms with Crippen LogP contribution in [0.5, 0.6) is 0 Å². The molecule has 0 aliphatic carbocycles. The zero-order valence-corrected chi connectivity index (χ0v) is 12.1. The normalized spacial score (nSPS) is 13.7. The Balaban J connectivity index is 5.23. The fraction of sp³-hybridized carbons (Fsp3) is 0.769. The van der Waals surface area contributed by atoms with Crippen LogP contribution in [0.2, 0.25) is 0 Å². The molecule has 0 aromatic heterocycles. The van der Waals surface area contributed by atoms with Gasteiger partial charge in [0, 0.05) is 6.54 Å². The lowest BCUT2D eigenvalue weighted by Gasteiger charge is -2.28. The van der Waals surface area contributed by atoms with E-state index in [1.165, 1.54) is 0 Å². The maximum Gasteiger partial charge on any atom is 0.324 e. The Kier molecular flexibility index (Phi) is 7.83. The topological polar surface area (TPSA) is 113 Å². The van der Waals surface area contributed by atoms with Crippen LogP contribution in [0.1, 0.15) is 33.6 Å². The predicted molar refractivity (Wildman–Crippen MR) is 70.9 cm³/mol. The molecule has 0 spiro atoms. The summed E-state index contributed by atoms with van der Waals surface area (Å²) in [4.78, 5) is 35.3. The summed E-state index contributed by atoms with van der Waals surface area (Å²) < 4.78 is 4.83. The highest BCUT2D eigenvalue weighted by molar-refractivity contribution is 6.02. The molecule has 0 rings (SSSR count). The van der Waals surface area contributed by atoms with Crippen LogP contribution in [-0.2, 0) is 19.1 Å². The van der Waals surface area contributed by atoms with Gasteiger partial charge < -0.3 is 20.3 Å². The maximum absolute atomic E-state index is 12.0. The van der Waals surface area contributed by atoms with Gasteiger partial charge in [-0.1, -0.05) is 13.8 Å². The molecule has 0 fully saturated rings. The third-order valence-corrected chi connectivity index (χ3v) is 2.73. The number of carboxylic acids is 1. The molecule has 3 N–H and O–H groups in total. The summed E-state index contributed by atoms with van der Waals surface area (Å²) in [6, 6.07) is 0. The number of hydrogen-bond donors (Lipinski definition) is 3. The van der Waals surface area contributed by atoms with Crippen molar-refractivity contribution < 1.29 is 29.3 Å².